The van der Waals surface area contributed by atoms with Gasteiger partial charge in [-0.2, -0.15) is 5.10 Å². The molecular formula is C18H30N4O2. The van der Waals surface area contributed by atoms with E-state index in [9.17, 15) is 9.90 Å². The lowest BCUT2D eigenvalue weighted by Gasteiger charge is -2.39. The molecule has 1 saturated carbocycles. The number of aliphatic hydroxyl groups excluding tert-OH is 1. The van der Waals surface area contributed by atoms with Crippen molar-refractivity contribution in [2.75, 3.05) is 13.1 Å². The van der Waals surface area contributed by atoms with Gasteiger partial charge in [-0.25, -0.2) is 0 Å². The van der Waals surface area contributed by atoms with Crippen LogP contribution in [0.3, 0.4) is 0 Å². The Hall–Kier alpha value is -1.40. The Bertz CT molecular complexity index is 557. The summed E-state index contributed by atoms with van der Waals surface area (Å²) in [6, 6.07) is 0.520. The smallest absolute Gasteiger partial charge is 0.223 e. The number of aliphatic hydroxyl groups is 1. The minimum absolute atomic E-state index is 0.0299. The number of piperidine rings is 1. The Morgan fingerprint density at radius 1 is 1.33 bits per heavy atom. The number of hydrogen-bond donors (Lipinski definition) is 2. The summed E-state index contributed by atoms with van der Waals surface area (Å²) in [6.45, 7) is 6.41. The quantitative estimate of drug-likeness (QED) is 0.855. The van der Waals surface area contributed by atoms with Crippen molar-refractivity contribution >= 4 is 5.91 Å². The molecule has 134 valence electrons. The number of carbonyl (C=O) groups excluding carboxylic acids is 1. The van der Waals surface area contributed by atoms with Gasteiger partial charge in [-0.3, -0.25) is 9.48 Å². The van der Waals surface area contributed by atoms with E-state index in [1.54, 1.807) is 4.68 Å². The number of rotatable bonds is 5. The van der Waals surface area contributed by atoms with Crippen molar-refractivity contribution in [3.8, 4) is 0 Å². The zero-order valence-corrected chi connectivity index (χ0v) is 15.0. The first-order chi connectivity index (χ1) is 11.4. The number of aryl methyl sites for hydroxylation is 1. The molecule has 0 aromatic carbocycles. The van der Waals surface area contributed by atoms with Crippen LogP contribution in [0.4, 0.5) is 0 Å². The molecule has 1 amide bonds. The van der Waals surface area contributed by atoms with Gasteiger partial charge in [-0.05, 0) is 58.5 Å². The van der Waals surface area contributed by atoms with Crippen LogP contribution in [0.2, 0.25) is 0 Å². The maximum Gasteiger partial charge on any atom is 0.223 e. The summed E-state index contributed by atoms with van der Waals surface area (Å²) in [5.41, 5.74) is 1.04. The fourth-order valence-corrected chi connectivity index (χ4v) is 3.93. The molecule has 2 fully saturated rings. The van der Waals surface area contributed by atoms with E-state index in [1.807, 2.05) is 19.4 Å². The van der Waals surface area contributed by atoms with E-state index >= 15 is 0 Å². The zero-order valence-electron chi connectivity index (χ0n) is 15.0. The van der Waals surface area contributed by atoms with Crippen molar-refractivity contribution in [3.05, 3.63) is 18.0 Å². The number of carbonyl (C=O) groups is 1. The SMILES string of the molecule is CC(C)N1CCC(C(=O)NC(c2cnn(C)c2)C2CC(O)C2)CC1. The molecule has 2 aliphatic rings. The molecule has 6 heteroatoms. The van der Waals surface area contributed by atoms with Gasteiger partial charge in [0.05, 0.1) is 18.3 Å². The van der Waals surface area contributed by atoms with E-state index in [0.29, 0.717) is 12.0 Å². The Balaban J connectivity index is 1.61. The van der Waals surface area contributed by atoms with Gasteiger partial charge in [-0.15, -0.1) is 0 Å². The first-order valence-electron chi connectivity index (χ1n) is 9.15. The van der Waals surface area contributed by atoms with E-state index in [0.717, 1.165) is 44.3 Å². The lowest BCUT2D eigenvalue weighted by Crippen LogP contribution is -2.46. The van der Waals surface area contributed by atoms with E-state index < -0.39 is 0 Å². The third kappa shape index (κ3) is 3.81. The standard InChI is InChI=1S/C18H30N4O2/c1-12(2)22-6-4-13(5-7-22)18(24)20-17(14-8-16(23)9-14)15-10-19-21(3)11-15/h10-14,16-17,23H,4-9H2,1-3H3,(H,20,24). The summed E-state index contributed by atoms with van der Waals surface area (Å²) in [7, 11) is 1.89. The van der Waals surface area contributed by atoms with Crippen LogP contribution in [0.25, 0.3) is 0 Å². The molecule has 1 aliphatic heterocycles. The van der Waals surface area contributed by atoms with Gasteiger partial charge in [-0.1, -0.05) is 0 Å². The third-order valence-electron chi connectivity index (χ3n) is 5.63. The number of hydrogen-bond acceptors (Lipinski definition) is 4. The molecule has 6 nitrogen and oxygen atoms in total. The Morgan fingerprint density at radius 2 is 2.00 bits per heavy atom. The monoisotopic (exact) mass is 334 g/mol. The van der Waals surface area contributed by atoms with Crippen LogP contribution < -0.4 is 5.32 Å². The molecule has 2 heterocycles. The van der Waals surface area contributed by atoms with Gasteiger partial charge >= 0.3 is 0 Å². The second-order valence-electron chi connectivity index (χ2n) is 7.72. The highest BCUT2D eigenvalue weighted by molar-refractivity contribution is 5.79. The number of amides is 1. The highest BCUT2D eigenvalue weighted by Gasteiger charge is 2.37. The fourth-order valence-electron chi connectivity index (χ4n) is 3.93. The highest BCUT2D eigenvalue weighted by atomic mass is 16.3. The summed E-state index contributed by atoms with van der Waals surface area (Å²) in [5.74, 6) is 0.571. The van der Waals surface area contributed by atoms with E-state index in [4.69, 9.17) is 0 Å². The molecule has 1 unspecified atom stereocenters. The fraction of sp³-hybridized carbons (Fsp3) is 0.778. The maximum atomic E-state index is 12.8. The van der Waals surface area contributed by atoms with Gasteiger partial charge < -0.3 is 15.3 Å². The number of likely N-dealkylation sites (tertiary alicyclic amines) is 1. The molecule has 0 spiro atoms. The molecule has 1 saturated heterocycles. The van der Waals surface area contributed by atoms with Crippen molar-refractivity contribution in [3.63, 3.8) is 0 Å². The summed E-state index contributed by atoms with van der Waals surface area (Å²) < 4.78 is 1.77. The first kappa shape index (κ1) is 17.4. The van der Waals surface area contributed by atoms with Crippen molar-refractivity contribution in [1.29, 1.82) is 0 Å². The lowest BCUT2D eigenvalue weighted by atomic mass is 9.75. The second kappa shape index (κ2) is 7.23. The molecule has 1 aromatic heterocycles. The molecule has 24 heavy (non-hydrogen) atoms. The van der Waals surface area contributed by atoms with E-state index in [1.165, 1.54) is 0 Å². The van der Waals surface area contributed by atoms with Crippen molar-refractivity contribution in [1.82, 2.24) is 20.0 Å². The van der Waals surface area contributed by atoms with E-state index in [-0.39, 0.29) is 24.0 Å². The number of nitrogens with zero attached hydrogens (tertiary/aromatic N) is 3. The molecule has 0 bridgehead atoms. The van der Waals surface area contributed by atoms with Crippen molar-refractivity contribution < 1.29 is 9.90 Å². The summed E-state index contributed by atoms with van der Waals surface area (Å²) in [4.78, 5) is 15.2. The largest absolute Gasteiger partial charge is 0.393 e. The second-order valence-corrected chi connectivity index (χ2v) is 7.72. The van der Waals surface area contributed by atoms with Crippen LogP contribution in [0.1, 0.15) is 51.1 Å². The summed E-state index contributed by atoms with van der Waals surface area (Å²) >= 11 is 0. The van der Waals surface area contributed by atoms with Crippen LogP contribution in [-0.2, 0) is 11.8 Å². The van der Waals surface area contributed by atoms with Crippen LogP contribution in [-0.4, -0.2) is 50.9 Å². The average Bonchev–Trinajstić information content (AvgIpc) is 2.96. The van der Waals surface area contributed by atoms with E-state index in [2.05, 4.69) is 29.2 Å². The number of nitrogens with one attached hydrogen (secondary N) is 1. The Morgan fingerprint density at radius 3 is 2.50 bits per heavy atom. The topological polar surface area (TPSA) is 70.4 Å². The molecular weight excluding hydrogens is 304 g/mol. The summed E-state index contributed by atoms with van der Waals surface area (Å²) in [6.07, 6.45) is 6.94. The van der Waals surface area contributed by atoms with Crippen molar-refractivity contribution in [2.45, 2.75) is 57.7 Å². The van der Waals surface area contributed by atoms with Crippen LogP contribution in [0, 0.1) is 11.8 Å². The molecule has 1 aliphatic carbocycles. The predicted molar refractivity (Wildman–Crippen MR) is 92.3 cm³/mol. The first-order valence-corrected chi connectivity index (χ1v) is 9.15. The van der Waals surface area contributed by atoms with Crippen molar-refractivity contribution in [2.24, 2.45) is 18.9 Å². The number of aromatic nitrogens is 2. The normalized spacial score (nSPS) is 27.0. The van der Waals surface area contributed by atoms with Gasteiger partial charge in [0.25, 0.3) is 0 Å². The minimum atomic E-state index is -0.222. The molecule has 3 rings (SSSR count). The van der Waals surface area contributed by atoms with Gasteiger partial charge in [0.1, 0.15) is 0 Å². The minimum Gasteiger partial charge on any atom is -0.393 e. The van der Waals surface area contributed by atoms with Gasteiger partial charge in [0.15, 0.2) is 0 Å². The predicted octanol–water partition coefficient (Wildman–Crippen LogP) is 1.47. The average molecular weight is 334 g/mol. The highest BCUT2D eigenvalue weighted by Crippen LogP contribution is 2.38. The van der Waals surface area contributed by atoms with Gasteiger partial charge in [0, 0.05) is 30.8 Å². The maximum absolute atomic E-state index is 12.8. The lowest BCUT2D eigenvalue weighted by molar-refractivity contribution is -0.128. The van der Waals surface area contributed by atoms with Crippen LogP contribution >= 0.6 is 0 Å². The molecule has 1 atom stereocenters. The van der Waals surface area contributed by atoms with Crippen LogP contribution in [0.5, 0.6) is 0 Å². The Labute approximate surface area is 144 Å². The molecule has 0 radical (unpaired) electrons. The molecule has 2 N–H and O–H groups in total. The van der Waals surface area contributed by atoms with Crippen LogP contribution in [0.15, 0.2) is 12.4 Å². The zero-order chi connectivity index (χ0) is 17.3. The Kier molecular flexibility index (Phi) is 5.25. The van der Waals surface area contributed by atoms with Gasteiger partial charge in [0.2, 0.25) is 5.91 Å². The molecule has 1 aromatic rings. The summed E-state index contributed by atoms with van der Waals surface area (Å²) in [5, 5.41) is 17.1. The third-order valence-corrected chi connectivity index (χ3v) is 5.63.